The van der Waals surface area contributed by atoms with Gasteiger partial charge in [0.25, 0.3) is 0 Å². The molecular formula is C80H74BrCl4N7O9S3. The minimum Gasteiger partial charge on any atom is -0.479 e. The third-order valence-electron chi connectivity index (χ3n) is 16.4. The van der Waals surface area contributed by atoms with Gasteiger partial charge in [-0.3, -0.25) is 9.67 Å². The van der Waals surface area contributed by atoms with Gasteiger partial charge in [0.15, 0.2) is 22.2 Å². The Kier molecular flexibility index (Phi) is 23.4. The van der Waals surface area contributed by atoms with E-state index in [4.69, 9.17) is 80.1 Å². The third kappa shape index (κ3) is 17.6. The first-order valence-electron chi connectivity index (χ1n) is 32.8. The second kappa shape index (κ2) is 31.5. The lowest BCUT2D eigenvalue weighted by molar-refractivity contribution is -0.164. The van der Waals surface area contributed by atoms with Crippen LogP contribution in [0.1, 0.15) is 114 Å². The number of hydrogen-bond acceptors (Lipinski definition) is 17. The number of aryl methyl sites for hydroxylation is 4. The van der Waals surface area contributed by atoms with Crippen molar-refractivity contribution in [3.63, 3.8) is 0 Å². The maximum atomic E-state index is 13.0. The molecule has 6 heterocycles. The van der Waals surface area contributed by atoms with Gasteiger partial charge in [0.2, 0.25) is 0 Å². The van der Waals surface area contributed by atoms with Gasteiger partial charge in [-0.2, -0.15) is 5.10 Å². The molecule has 104 heavy (non-hydrogen) atoms. The van der Waals surface area contributed by atoms with Gasteiger partial charge in [0.05, 0.1) is 79.1 Å². The molecule has 24 heteroatoms. The predicted molar refractivity (Wildman–Crippen MR) is 426 cm³/mol. The van der Waals surface area contributed by atoms with Gasteiger partial charge >= 0.3 is 17.9 Å². The quantitative estimate of drug-likeness (QED) is 0.0750. The molecule has 0 fully saturated rings. The Bertz CT molecular complexity index is 5390. The fourth-order valence-corrected chi connectivity index (χ4v) is 16.4. The number of fused-ring (bicyclic) bond motifs is 4. The number of carboxylic acids is 1. The highest BCUT2D eigenvalue weighted by atomic mass is 79.9. The summed E-state index contributed by atoms with van der Waals surface area (Å²) in [5.41, 5.74) is 15.3. The molecule has 13 aromatic rings. The monoisotopic (exact) mass is 1590 g/mol. The minimum atomic E-state index is -1.17. The molecule has 0 aliphatic heterocycles. The maximum Gasteiger partial charge on any atom is 0.339 e. The number of esters is 2. The molecule has 0 bridgehead atoms. The molecule has 0 unspecified atom stereocenters. The molecule has 536 valence electrons. The topological polar surface area (TPSA) is 200 Å². The summed E-state index contributed by atoms with van der Waals surface area (Å²) in [6, 6.07) is 42.3. The lowest BCUT2D eigenvalue weighted by atomic mass is 9.91. The molecule has 0 spiro atoms. The molecule has 6 aromatic heterocycles. The summed E-state index contributed by atoms with van der Waals surface area (Å²) in [5.74, 6) is -1.94. The van der Waals surface area contributed by atoms with Crippen LogP contribution in [0.3, 0.4) is 0 Å². The van der Waals surface area contributed by atoms with E-state index in [9.17, 15) is 19.5 Å². The molecule has 13 rings (SSSR count). The first kappa shape index (κ1) is 77.0. The van der Waals surface area contributed by atoms with Crippen molar-refractivity contribution < 1.29 is 43.2 Å². The van der Waals surface area contributed by atoms with E-state index < -0.39 is 53.0 Å². The number of halogens is 5. The van der Waals surface area contributed by atoms with Crippen molar-refractivity contribution in [2.75, 3.05) is 14.2 Å². The molecule has 0 aliphatic rings. The number of hydrogen-bond donors (Lipinski definition) is 1. The summed E-state index contributed by atoms with van der Waals surface area (Å²) < 4.78 is 34.2. The van der Waals surface area contributed by atoms with Crippen LogP contribution in [-0.2, 0) is 45.1 Å². The average Bonchev–Trinajstić information content (AvgIpc) is 1.53. The zero-order chi connectivity index (χ0) is 75.0. The number of nitrogens with zero attached hydrogens (tertiary/aromatic N) is 7. The Balaban J connectivity index is 0.000000160. The minimum absolute atomic E-state index is 0.399. The summed E-state index contributed by atoms with van der Waals surface area (Å²) in [5, 5.41) is 19.6. The number of aliphatic carboxylic acids is 1. The zero-order valence-electron chi connectivity index (χ0n) is 59.6. The molecular weight excluding hydrogens is 1520 g/mol. The number of carbonyl (C=O) groups excluding carboxylic acids is 2. The van der Waals surface area contributed by atoms with Crippen LogP contribution in [0, 0.1) is 20.8 Å². The number of pyridine rings is 2. The number of carbonyl (C=O) groups is 3. The van der Waals surface area contributed by atoms with E-state index in [-0.39, 0.29) is 0 Å². The second-order valence-corrected chi connectivity index (χ2v) is 33.5. The summed E-state index contributed by atoms with van der Waals surface area (Å²) in [6.45, 7) is 22.9. The van der Waals surface area contributed by atoms with E-state index in [2.05, 4.69) is 42.0 Å². The van der Waals surface area contributed by atoms with Crippen LogP contribution in [-0.4, -0.2) is 88.7 Å². The Labute approximate surface area is 643 Å². The molecule has 1 N–H and O–H groups in total. The number of ether oxygens (including phenoxy) is 5. The molecule has 0 aliphatic carbocycles. The molecule has 0 saturated carbocycles. The van der Waals surface area contributed by atoms with Gasteiger partial charge in [-0.05, 0) is 217 Å². The first-order chi connectivity index (χ1) is 49.2. The van der Waals surface area contributed by atoms with Crippen LogP contribution in [0.5, 0.6) is 0 Å². The Morgan fingerprint density at radius 2 is 0.865 bits per heavy atom. The molecule has 0 radical (unpaired) electrons. The van der Waals surface area contributed by atoms with Crippen molar-refractivity contribution in [3.8, 4) is 65.8 Å². The molecule has 3 atom stereocenters. The molecule has 0 amide bonds. The smallest absolute Gasteiger partial charge is 0.339 e. The van der Waals surface area contributed by atoms with Crippen molar-refractivity contribution in [1.82, 2.24) is 34.7 Å². The molecule has 0 saturated heterocycles. The average molecular weight is 1600 g/mol. The lowest BCUT2D eigenvalue weighted by Gasteiger charge is -2.29. The maximum absolute atomic E-state index is 13.0. The normalized spacial score (nSPS) is 12.8. The van der Waals surface area contributed by atoms with Gasteiger partial charge in [0.1, 0.15) is 15.2 Å². The third-order valence-corrected chi connectivity index (χ3v) is 21.2. The van der Waals surface area contributed by atoms with Crippen molar-refractivity contribution in [3.05, 3.63) is 210 Å². The number of rotatable bonds is 15. The summed E-state index contributed by atoms with van der Waals surface area (Å²) in [6.07, 6.45) is 2.35. The van der Waals surface area contributed by atoms with Crippen molar-refractivity contribution in [2.24, 2.45) is 7.05 Å². The van der Waals surface area contributed by atoms with E-state index in [0.717, 1.165) is 139 Å². The number of benzene rings is 7. The highest BCUT2D eigenvalue weighted by Gasteiger charge is 2.37. The zero-order valence-corrected chi connectivity index (χ0v) is 66.7. The molecule has 7 aromatic carbocycles. The van der Waals surface area contributed by atoms with Gasteiger partial charge in [-0.15, -0.1) is 34.0 Å². The van der Waals surface area contributed by atoms with E-state index in [1.165, 1.54) is 48.2 Å². The number of thiazole rings is 3. The highest BCUT2D eigenvalue weighted by molar-refractivity contribution is 9.11. The van der Waals surface area contributed by atoms with Crippen molar-refractivity contribution >= 4 is 156 Å². The fraction of sp³-hybridized carbons (Fsp3) is 0.263. The highest BCUT2D eigenvalue weighted by Crippen LogP contribution is 2.49. The SMILES string of the molecule is COC(=O)[C@@H](OC(C)(C)C)c1c(C)cc2nc(-c3ccnc(Cl)c3)sc2c1-c1ccc(Cl)cc1.COC(=O)[C@@H](OC(C)(C)C)c1c(C)cc2nc(Br)sc2c1-c1ccc(Cl)cc1.Cc1cc2nc(-c3ccnc(-c4ccc5cnn(C)c5c4)c3)sc2c(-c2ccc(Cl)cc2)c1[C@H](OC(C)(C)C)C(=O)O. The van der Waals surface area contributed by atoms with Crippen molar-refractivity contribution in [1.29, 1.82) is 0 Å². The van der Waals surface area contributed by atoms with Crippen LogP contribution >= 0.6 is 96.3 Å². The predicted octanol–water partition coefficient (Wildman–Crippen LogP) is 22.9. The van der Waals surface area contributed by atoms with Crippen molar-refractivity contribution in [2.45, 2.75) is 118 Å². The van der Waals surface area contributed by atoms with E-state index >= 15 is 0 Å². The first-order valence-corrected chi connectivity index (χ1v) is 37.6. The van der Waals surface area contributed by atoms with E-state index in [1.807, 2.05) is 222 Å². The van der Waals surface area contributed by atoms with Gasteiger partial charge in [0, 0.05) is 90.0 Å². The Morgan fingerprint density at radius 1 is 0.481 bits per heavy atom. The van der Waals surface area contributed by atoms with E-state index in [1.54, 1.807) is 18.5 Å². The summed E-state index contributed by atoms with van der Waals surface area (Å²) >= 11 is 32.7. The van der Waals surface area contributed by atoms with Crippen LogP contribution in [0.15, 0.2) is 156 Å². The second-order valence-electron chi connectivity index (χ2n) is 27.6. The number of carboxylic acid groups (broad SMARTS) is 1. The summed E-state index contributed by atoms with van der Waals surface area (Å²) in [4.78, 5) is 61.5. The van der Waals surface area contributed by atoms with Gasteiger partial charge in [-0.25, -0.2) is 34.3 Å². The fourth-order valence-electron chi connectivity index (χ4n) is 12.1. The van der Waals surface area contributed by atoms with E-state index in [0.29, 0.717) is 25.8 Å². The van der Waals surface area contributed by atoms with Gasteiger partial charge < -0.3 is 28.8 Å². The number of methoxy groups -OCH3 is 2. The summed E-state index contributed by atoms with van der Waals surface area (Å²) in [7, 11) is 4.67. The van der Waals surface area contributed by atoms with Crippen LogP contribution in [0.2, 0.25) is 20.2 Å². The van der Waals surface area contributed by atoms with Crippen LogP contribution < -0.4 is 0 Å². The molecule has 16 nitrogen and oxygen atoms in total. The Morgan fingerprint density at radius 3 is 1.28 bits per heavy atom. The standard InChI is InChI=1S/C33H29ClN4O3S.C26H24Cl2N2O3S.C21H21BrClNO3S/c1-18-14-25-30(28(19-8-10-23(34)11-9-19)27(18)29(32(39)40)41-33(2,3)4)42-31(37-25)21-12-13-35-24(15-21)20-6-7-22-17-36-38(5)26(22)16-20;1-14-12-18-23(34-24(30-18)16-10-11-29-19(28)13-16)21(15-6-8-17(27)9-7-15)20(14)22(25(31)32-5)33-26(2,3)4;1-11-10-14-18(28-20(22)24-14)16(12-6-8-13(23)9-7-12)15(11)17(19(25)26-5)27-21(2,3)4/h6-17,29H,1-5H3,(H,39,40);6-13,22H,1-5H3;6-10,17H,1-5H3/t29-;22-;17-/m000/s1. The Hall–Kier alpha value is -8.09. The van der Waals surface area contributed by atoms with Crippen LogP contribution in [0.4, 0.5) is 0 Å². The van der Waals surface area contributed by atoms with Gasteiger partial charge in [-0.1, -0.05) is 94.9 Å². The number of aromatic nitrogens is 7. The van der Waals surface area contributed by atoms with Crippen LogP contribution in [0.25, 0.3) is 107 Å². The lowest BCUT2D eigenvalue weighted by Crippen LogP contribution is -2.29. The largest absolute Gasteiger partial charge is 0.479 e.